The number of hydrogen-bond donors (Lipinski definition) is 2. The third-order valence-electron chi connectivity index (χ3n) is 3.42. The van der Waals surface area contributed by atoms with Gasteiger partial charge < -0.3 is 10.6 Å². The van der Waals surface area contributed by atoms with Gasteiger partial charge in [-0.25, -0.2) is 0 Å². The van der Waals surface area contributed by atoms with Crippen LogP contribution in [0.4, 0.5) is 0 Å². The molecule has 2 aromatic carbocycles. The van der Waals surface area contributed by atoms with Crippen LogP contribution in [0.15, 0.2) is 48.5 Å². The predicted octanol–water partition coefficient (Wildman–Crippen LogP) is 3.45. The van der Waals surface area contributed by atoms with Gasteiger partial charge >= 0.3 is 0 Å². The average Bonchev–Trinajstić information content (AvgIpc) is 2.54. The smallest absolute Gasteiger partial charge is 0.251 e. The fourth-order valence-corrected chi connectivity index (χ4v) is 2.45. The lowest BCUT2D eigenvalue weighted by Gasteiger charge is -2.09. The van der Waals surface area contributed by atoms with Gasteiger partial charge in [-0.3, -0.25) is 9.59 Å². The van der Waals surface area contributed by atoms with Crippen LogP contribution in [0.1, 0.15) is 40.1 Å². The molecule has 4 nitrogen and oxygen atoms in total. The Balaban J connectivity index is 1.87. The normalized spacial score (nSPS) is 10.5. The quantitative estimate of drug-likeness (QED) is 0.843. The molecule has 2 rings (SSSR count). The van der Waals surface area contributed by atoms with Gasteiger partial charge in [-0.05, 0) is 62.2 Å². The molecule has 0 aromatic heterocycles. The number of halogens is 1. The summed E-state index contributed by atoms with van der Waals surface area (Å²) in [5, 5.41) is 6.37. The molecule has 126 valence electrons. The number of nitrogens with one attached hydrogen (secondary N) is 2. The monoisotopic (exact) mass is 344 g/mol. The standard InChI is InChI=1S/C19H21ClN2O2/c1-13(2)22-19(24)16-8-6-15(7-9-16)18(23)21-11-10-14-4-3-5-17(20)12-14/h3-9,12-13H,10-11H2,1-2H3,(H,21,23)(H,22,24). The van der Waals surface area contributed by atoms with Gasteiger partial charge in [0, 0.05) is 28.7 Å². The van der Waals surface area contributed by atoms with Crippen LogP contribution in [0.2, 0.25) is 5.02 Å². The molecule has 0 heterocycles. The summed E-state index contributed by atoms with van der Waals surface area (Å²) in [7, 11) is 0. The molecule has 0 fully saturated rings. The summed E-state index contributed by atoms with van der Waals surface area (Å²) >= 11 is 5.93. The second-order valence-electron chi connectivity index (χ2n) is 5.84. The highest BCUT2D eigenvalue weighted by atomic mass is 35.5. The Hall–Kier alpha value is -2.33. The van der Waals surface area contributed by atoms with Crippen molar-refractivity contribution in [3.05, 3.63) is 70.2 Å². The Bertz CT molecular complexity index is 712. The van der Waals surface area contributed by atoms with Crippen LogP contribution in [0, 0.1) is 0 Å². The number of amides is 2. The van der Waals surface area contributed by atoms with Crippen molar-refractivity contribution < 1.29 is 9.59 Å². The molecule has 0 saturated heterocycles. The minimum Gasteiger partial charge on any atom is -0.352 e. The van der Waals surface area contributed by atoms with E-state index >= 15 is 0 Å². The lowest BCUT2D eigenvalue weighted by atomic mass is 10.1. The first-order chi connectivity index (χ1) is 11.5. The highest BCUT2D eigenvalue weighted by molar-refractivity contribution is 6.30. The molecule has 0 aliphatic rings. The van der Waals surface area contributed by atoms with Gasteiger partial charge in [0.2, 0.25) is 0 Å². The third-order valence-corrected chi connectivity index (χ3v) is 3.65. The molecule has 2 N–H and O–H groups in total. The van der Waals surface area contributed by atoms with Crippen molar-refractivity contribution in [2.75, 3.05) is 6.54 Å². The van der Waals surface area contributed by atoms with Crippen molar-refractivity contribution in [2.24, 2.45) is 0 Å². The van der Waals surface area contributed by atoms with Crippen molar-refractivity contribution in [1.82, 2.24) is 10.6 Å². The molecular weight excluding hydrogens is 324 g/mol. The molecular formula is C19H21ClN2O2. The first kappa shape index (κ1) is 18.0. The minimum absolute atomic E-state index is 0.0759. The van der Waals surface area contributed by atoms with Crippen LogP contribution >= 0.6 is 11.6 Å². The fourth-order valence-electron chi connectivity index (χ4n) is 2.23. The van der Waals surface area contributed by atoms with Gasteiger partial charge in [-0.15, -0.1) is 0 Å². The van der Waals surface area contributed by atoms with Crippen molar-refractivity contribution in [1.29, 1.82) is 0 Å². The topological polar surface area (TPSA) is 58.2 Å². The third kappa shape index (κ3) is 5.39. The van der Waals surface area contributed by atoms with E-state index < -0.39 is 0 Å². The summed E-state index contributed by atoms with van der Waals surface area (Å²) in [5.41, 5.74) is 2.14. The molecule has 0 unspecified atom stereocenters. The molecule has 0 aliphatic heterocycles. The van der Waals surface area contributed by atoms with Crippen LogP contribution in [0.5, 0.6) is 0 Å². The Morgan fingerprint density at radius 3 is 2.21 bits per heavy atom. The largest absolute Gasteiger partial charge is 0.352 e. The van der Waals surface area contributed by atoms with E-state index in [1.165, 1.54) is 0 Å². The Morgan fingerprint density at radius 2 is 1.62 bits per heavy atom. The molecule has 5 heteroatoms. The zero-order valence-corrected chi connectivity index (χ0v) is 14.6. The Kier molecular flexibility index (Phi) is 6.38. The van der Waals surface area contributed by atoms with Gasteiger partial charge in [0.1, 0.15) is 0 Å². The van der Waals surface area contributed by atoms with Gasteiger partial charge in [0.15, 0.2) is 0 Å². The second kappa shape index (κ2) is 8.50. The highest BCUT2D eigenvalue weighted by Gasteiger charge is 2.09. The molecule has 0 saturated carbocycles. The zero-order chi connectivity index (χ0) is 17.5. The molecule has 24 heavy (non-hydrogen) atoms. The van der Waals surface area contributed by atoms with E-state index in [-0.39, 0.29) is 17.9 Å². The summed E-state index contributed by atoms with van der Waals surface area (Å²) in [5.74, 6) is -0.300. The first-order valence-corrected chi connectivity index (χ1v) is 8.27. The maximum atomic E-state index is 12.1. The second-order valence-corrected chi connectivity index (χ2v) is 6.28. The summed E-state index contributed by atoms with van der Waals surface area (Å²) in [4.78, 5) is 24.0. The lowest BCUT2D eigenvalue weighted by molar-refractivity contribution is 0.0935. The van der Waals surface area contributed by atoms with Gasteiger partial charge in [0.05, 0.1) is 0 Å². The van der Waals surface area contributed by atoms with Crippen molar-refractivity contribution in [2.45, 2.75) is 26.3 Å². The number of rotatable bonds is 6. The Morgan fingerprint density at radius 1 is 1.00 bits per heavy atom. The molecule has 0 spiro atoms. The zero-order valence-electron chi connectivity index (χ0n) is 13.8. The number of carbonyl (C=O) groups is 2. The lowest BCUT2D eigenvalue weighted by Crippen LogP contribution is -2.30. The molecule has 0 radical (unpaired) electrons. The van der Waals surface area contributed by atoms with Crippen molar-refractivity contribution in [3.8, 4) is 0 Å². The molecule has 0 atom stereocenters. The Labute approximate surface area is 147 Å². The predicted molar refractivity (Wildman–Crippen MR) is 96.5 cm³/mol. The van der Waals surface area contributed by atoms with E-state index in [0.717, 1.165) is 5.56 Å². The van der Waals surface area contributed by atoms with E-state index in [4.69, 9.17) is 11.6 Å². The van der Waals surface area contributed by atoms with E-state index in [1.54, 1.807) is 24.3 Å². The van der Waals surface area contributed by atoms with Crippen LogP contribution in [-0.2, 0) is 6.42 Å². The van der Waals surface area contributed by atoms with Crippen molar-refractivity contribution in [3.63, 3.8) is 0 Å². The van der Waals surface area contributed by atoms with Gasteiger partial charge in [-0.1, -0.05) is 23.7 Å². The van der Waals surface area contributed by atoms with Crippen LogP contribution in [0.3, 0.4) is 0 Å². The van der Waals surface area contributed by atoms with Crippen molar-refractivity contribution >= 4 is 23.4 Å². The molecule has 0 aliphatic carbocycles. The van der Waals surface area contributed by atoms with Gasteiger partial charge in [0.25, 0.3) is 11.8 Å². The number of hydrogen-bond acceptors (Lipinski definition) is 2. The number of carbonyl (C=O) groups excluding carboxylic acids is 2. The van der Waals surface area contributed by atoms with Crippen LogP contribution in [-0.4, -0.2) is 24.4 Å². The summed E-state index contributed by atoms with van der Waals surface area (Å²) in [6.45, 7) is 4.33. The molecule has 2 aromatic rings. The SMILES string of the molecule is CC(C)NC(=O)c1ccc(C(=O)NCCc2cccc(Cl)c2)cc1. The summed E-state index contributed by atoms with van der Waals surface area (Å²) < 4.78 is 0. The van der Waals surface area contributed by atoms with E-state index in [9.17, 15) is 9.59 Å². The average molecular weight is 345 g/mol. The fraction of sp³-hybridized carbons (Fsp3) is 0.263. The summed E-state index contributed by atoms with van der Waals surface area (Å²) in [6.07, 6.45) is 0.710. The van der Waals surface area contributed by atoms with E-state index in [2.05, 4.69) is 10.6 Å². The highest BCUT2D eigenvalue weighted by Crippen LogP contribution is 2.11. The number of benzene rings is 2. The molecule has 2 amide bonds. The van der Waals surface area contributed by atoms with Crippen LogP contribution in [0.25, 0.3) is 0 Å². The maximum absolute atomic E-state index is 12.1. The van der Waals surface area contributed by atoms with Gasteiger partial charge in [-0.2, -0.15) is 0 Å². The minimum atomic E-state index is -0.159. The van der Waals surface area contributed by atoms with E-state index in [1.807, 2.05) is 38.1 Å². The summed E-state index contributed by atoms with van der Waals surface area (Å²) in [6, 6.07) is 14.3. The van der Waals surface area contributed by atoms with Crippen LogP contribution < -0.4 is 10.6 Å². The maximum Gasteiger partial charge on any atom is 0.251 e. The van der Waals surface area contributed by atoms with E-state index in [0.29, 0.717) is 29.1 Å². The first-order valence-electron chi connectivity index (χ1n) is 7.89. The molecule has 0 bridgehead atoms.